The largest absolute Gasteiger partial charge is 0.480 e. The smallest absolute Gasteiger partial charge is 0.329 e. The van der Waals surface area contributed by atoms with Crippen LogP contribution < -0.4 is 0 Å². The summed E-state index contributed by atoms with van der Waals surface area (Å²) in [5, 5.41) is 9.31. The van der Waals surface area contributed by atoms with Crippen molar-refractivity contribution >= 4 is 12.0 Å². The summed E-state index contributed by atoms with van der Waals surface area (Å²) in [5.41, 5.74) is -1.18. The number of piperidine rings is 1. The average molecular weight is 270 g/mol. The number of hydrogen-bond acceptors (Lipinski definition) is 2. The second-order valence-corrected chi connectivity index (χ2v) is 5.93. The lowest BCUT2D eigenvalue weighted by Crippen LogP contribution is -2.60. The van der Waals surface area contributed by atoms with Crippen LogP contribution in [-0.2, 0) is 4.79 Å². The fourth-order valence-electron chi connectivity index (χ4n) is 2.82. The third-order valence-corrected chi connectivity index (χ3v) is 4.16. The molecule has 0 aromatic carbocycles. The number of carbonyl (C=O) groups excluding carboxylic acids is 1. The van der Waals surface area contributed by atoms with Crippen LogP contribution in [0.5, 0.6) is 0 Å². The van der Waals surface area contributed by atoms with E-state index in [-0.39, 0.29) is 18.1 Å². The van der Waals surface area contributed by atoms with E-state index in [1.54, 1.807) is 13.8 Å². The number of aliphatic carboxylic acids is 1. The van der Waals surface area contributed by atoms with Crippen LogP contribution in [0.25, 0.3) is 0 Å². The minimum absolute atomic E-state index is 0.158. The zero-order valence-corrected chi connectivity index (χ0v) is 12.6. The standard InChI is InChI=1S/C14H26N2O3/c1-6-15(14(4,5)12(17)18)13(19)16-10(2)8-7-9-11(16)3/h10-11H,6-9H2,1-5H3,(H,17,18). The maximum Gasteiger partial charge on any atom is 0.329 e. The molecule has 5 nitrogen and oxygen atoms in total. The van der Waals surface area contributed by atoms with Gasteiger partial charge < -0.3 is 14.9 Å². The Morgan fingerprint density at radius 3 is 2.11 bits per heavy atom. The van der Waals surface area contributed by atoms with E-state index in [1.165, 1.54) is 4.90 Å². The van der Waals surface area contributed by atoms with Crippen molar-refractivity contribution in [1.82, 2.24) is 9.80 Å². The van der Waals surface area contributed by atoms with Crippen molar-refractivity contribution < 1.29 is 14.7 Å². The molecule has 0 aromatic heterocycles. The molecule has 1 rings (SSSR count). The van der Waals surface area contributed by atoms with Crippen molar-refractivity contribution in [3.05, 3.63) is 0 Å². The summed E-state index contributed by atoms with van der Waals surface area (Å²) in [6, 6.07) is 0.194. The number of hydrogen-bond donors (Lipinski definition) is 1. The van der Waals surface area contributed by atoms with Crippen molar-refractivity contribution in [2.45, 2.75) is 71.5 Å². The van der Waals surface area contributed by atoms with Gasteiger partial charge in [0.2, 0.25) is 0 Å². The molecule has 1 N–H and O–H groups in total. The van der Waals surface area contributed by atoms with E-state index in [4.69, 9.17) is 0 Å². The van der Waals surface area contributed by atoms with Crippen LogP contribution in [0.2, 0.25) is 0 Å². The van der Waals surface area contributed by atoms with Gasteiger partial charge in [-0.25, -0.2) is 9.59 Å². The Balaban J connectivity index is 2.98. The zero-order valence-electron chi connectivity index (χ0n) is 12.6. The molecular formula is C14H26N2O3. The van der Waals surface area contributed by atoms with Crippen LogP contribution in [0.1, 0.15) is 53.9 Å². The van der Waals surface area contributed by atoms with Gasteiger partial charge in [0.15, 0.2) is 0 Å². The third kappa shape index (κ3) is 3.01. The van der Waals surface area contributed by atoms with Crippen molar-refractivity contribution in [2.75, 3.05) is 6.54 Å². The number of carboxylic acids is 1. The minimum atomic E-state index is -1.18. The molecule has 19 heavy (non-hydrogen) atoms. The van der Waals surface area contributed by atoms with E-state index >= 15 is 0 Å². The predicted molar refractivity (Wildman–Crippen MR) is 74.1 cm³/mol. The Bertz CT molecular complexity index is 345. The van der Waals surface area contributed by atoms with Gasteiger partial charge in [0.1, 0.15) is 5.54 Å². The second kappa shape index (κ2) is 5.80. The van der Waals surface area contributed by atoms with E-state index in [0.29, 0.717) is 6.54 Å². The number of amides is 2. The van der Waals surface area contributed by atoms with E-state index in [9.17, 15) is 14.7 Å². The average Bonchev–Trinajstić information content (AvgIpc) is 2.28. The molecule has 2 atom stereocenters. The van der Waals surface area contributed by atoms with Crippen LogP contribution in [-0.4, -0.2) is 51.1 Å². The Morgan fingerprint density at radius 1 is 1.26 bits per heavy atom. The van der Waals surface area contributed by atoms with Crippen LogP contribution in [0.3, 0.4) is 0 Å². The lowest BCUT2D eigenvalue weighted by atomic mass is 9.97. The van der Waals surface area contributed by atoms with Gasteiger partial charge in [0.25, 0.3) is 0 Å². The molecule has 1 fully saturated rings. The Labute approximate surface area is 115 Å². The first-order chi connectivity index (χ1) is 8.73. The van der Waals surface area contributed by atoms with Crippen LogP contribution in [0, 0.1) is 0 Å². The maximum atomic E-state index is 12.7. The first-order valence-electron chi connectivity index (χ1n) is 7.06. The fraction of sp³-hybridized carbons (Fsp3) is 0.857. The van der Waals surface area contributed by atoms with Gasteiger partial charge in [0, 0.05) is 18.6 Å². The second-order valence-electron chi connectivity index (χ2n) is 5.93. The molecule has 0 saturated carbocycles. The third-order valence-electron chi connectivity index (χ3n) is 4.16. The molecule has 2 unspecified atom stereocenters. The first kappa shape index (κ1) is 15.8. The fourth-order valence-corrected chi connectivity index (χ4v) is 2.82. The molecule has 110 valence electrons. The van der Waals surface area contributed by atoms with E-state index in [0.717, 1.165) is 19.3 Å². The highest BCUT2D eigenvalue weighted by Gasteiger charge is 2.41. The molecule has 1 aliphatic rings. The van der Waals surface area contributed by atoms with Gasteiger partial charge in [-0.15, -0.1) is 0 Å². The first-order valence-corrected chi connectivity index (χ1v) is 7.06. The van der Waals surface area contributed by atoms with E-state index < -0.39 is 11.5 Å². The summed E-state index contributed by atoms with van der Waals surface area (Å²) in [7, 11) is 0. The Hall–Kier alpha value is -1.26. The highest BCUT2D eigenvalue weighted by Crippen LogP contribution is 2.26. The number of likely N-dealkylation sites (N-methyl/N-ethyl adjacent to an activating group) is 1. The highest BCUT2D eigenvalue weighted by molar-refractivity contribution is 5.85. The highest BCUT2D eigenvalue weighted by atomic mass is 16.4. The SMILES string of the molecule is CCN(C(=O)N1C(C)CCCC1C)C(C)(C)C(=O)O. The van der Waals surface area contributed by atoms with E-state index in [2.05, 4.69) is 0 Å². The summed E-state index contributed by atoms with van der Waals surface area (Å²) in [6.45, 7) is 9.45. The van der Waals surface area contributed by atoms with E-state index in [1.807, 2.05) is 25.7 Å². The Kier molecular flexibility index (Phi) is 4.82. The van der Waals surface area contributed by atoms with Crippen LogP contribution in [0.15, 0.2) is 0 Å². The van der Waals surface area contributed by atoms with Gasteiger partial charge in [0.05, 0.1) is 0 Å². The molecule has 0 radical (unpaired) electrons. The molecule has 1 heterocycles. The zero-order chi connectivity index (χ0) is 14.8. The number of rotatable bonds is 3. The van der Waals surface area contributed by atoms with Crippen LogP contribution in [0.4, 0.5) is 4.79 Å². The summed E-state index contributed by atoms with van der Waals surface area (Å²) in [4.78, 5) is 27.3. The molecule has 0 aliphatic carbocycles. The molecule has 2 amide bonds. The maximum absolute atomic E-state index is 12.7. The number of carbonyl (C=O) groups is 2. The number of urea groups is 1. The van der Waals surface area contributed by atoms with Gasteiger partial charge in [-0.2, -0.15) is 0 Å². The number of likely N-dealkylation sites (tertiary alicyclic amines) is 1. The van der Waals surface area contributed by atoms with Gasteiger partial charge in [-0.1, -0.05) is 0 Å². The van der Waals surface area contributed by atoms with Crippen molar-refractivity contribution in [3.63, 3.8) is 0 Å². The lowest BCUT2D eigenvalue weighted by molar-refractivity contribution is -0.148. The molecule has 0 aromatic rings. The normalized spacial score (nSPS) is 24.2. The summed E-state index contributed by atoms with van der Waals surface area (Å²) < 4.78 is 0. The van der Waals surface area contributed by atoms with Gasteiger partial charge in [-0.3, -0.25) is 0 Å². The van der Waals surface area contributed by atoms with Gasteiger partial charge >= 0.3 is 12.0 Å². The van der Waals surface area contributed by atoms with Crippen molar-refractivity contribution in [1.29, 1.82) is 0 Å². The van der Waals surface area contributed by atoms with Crippen molar-refractivity contribution in [3.8, 4) is 0 Å². The number of carboxylic acid groups (broad SMARTS) is 1. The minimum Gasteiger partial charge on any atom is -0.480 e. The molecule has 5 heteroatoms. The monoisotopic (exact) mass is 270 g/mol. The summed E-state index contributed by atoms with van der Waals surface area (Å²) >= 11 is 0. The molecule has 1 aliphatic heterocycles. The molecule has 0 spiro atoms. The lowest BCUT2D eigenvalue weighted by Gasteiger charge is -2.45. The Morgan fingerprint density at radius 2 is 1.74 bits per heavy atom. The molecule has 0 bridgehead atoms. The molecule has 1 saturated heterocycles. The van der Waals surface area contributed by atoms with Gasteiger partial charge in [-0.05, 0) is 53.9 Å². The quantitative estimate of drug-likeness (QED) is 0.857. The summed E-state index contributed by atoms with van der Waals surface area (Å²) in [6.07, 6.45) is 3.10. The topological polar surface area (TPSA) is 60.9 Å². The molecular weight excluding hydrogens is 244 g/mol. The van der Waals surface area contributed by atoms with Crippen LogP contribution >= 0.6 is 0 Å². The predicted octanol–water partition coefficient (Wildman–Crippen LogP) is 2.55. The van der Waals surface area contributed by atoms with Crippen molar-refractivity contribution in [2.24, 2.45) is 0 Å². The number of nitrogens with zero attached hydrogens (tertiary/aromatic N) is 2. The summed E-state index contributed by atoms with van der Waals surface area (Å²) in [5.74, 6) is -0.972.